The van der Waals surface area contributed by atoms with Gasteiger partial charge < -0.3 is 14.2 Å². The largest absolute Gasteiger partial charge is 0.382 e. The van der Waals surface area contributed by atoms with E-state index in [1.807, 2.05) is 6.92 Å². The summed E-state index contributed by atoms with van der Waals surface area (Å²) >= 11 is 3.54. The molecular formula is C9H17BrO3. The average Bonchev–Trinajstić information content (AvgIpc) is 2.13. The lowest BCUT2D eigenvalue weighted by Gasteiger charge is -2.40. The molecule has 0 aromatic carbocycles. The first kappa shape index (κ1) is 11.4. The molecule has 1 rings (SSSR count). The van der Waals surface area contributed by atoms with Crippen molar-refractivity contribution < 1.29 is 14.2 Å². The van der Waals surface area contributed by atoms with Crippen molar-refractivity contribution in [2.24, 2.45) is 0 Å². The summed E-state index contributed by atoms with van der Waals surface area (Å²) < 4.78 is 16.0. The van der Waals surface area contributed by atoms with Crippen molar-refractivity contribution in [1.82, 2.24) is 0 Å². The number of halogens is 1. The van der Waals surface area contributed by atoms with E-state index in [4.69, 9.17) is 14.2 Å². The van der Waals surface area contributed by atoms with E-state index in [1.165, 1.54) is 0 Å². The van der Waals surface area contributed by atoms with E-state index in [0.717, 1.165) is 13.0 Å². The highest BCUT2D eigenvalue weighted by atomic mass is 79.9. The minimum Gasteiger partial charge on any atom is -0.382 e. The van der Waals surface area contributed by atoms with Crippen LogP contribution in [0.25, 0.3) is 0 Å². The summed E-state index contributed by atoms with van der Waals surface area (Å²) in [7, 11) is 1.68. The molecule has 0 amide bonds. The number of methoxy groups -OCH3 is 1. The fraction of sp³-hybridized carbons (Fsp3) is 1.00. The van der Waals surface area contributed by atoms with Crippen LogP contribution >= 0.6 is 15.9 Å². The molecule has 13 heavy (non-hydrogen) atoms. The number of alkyl halides is 1. The van der Waals surface area contributed by atoms with Crippen LogP contribution in [0.4, 0.5) is 0 Å². The molecule has 4 heteroatoms. The zero-order valence-electron chi connectivity index (χ0n) is 8.16. The molecular weight excluding hydrogens is 236 g/mol. The van der Waals surface area contributed by atoms with Crippen molar-refractivity contribution in [1.29, 1.82) is 0 Å². The van der Waals surface area contributed by atoms with Gasteiger partial charge in [-0.25, -0.2) is 0 Å². The number of ether oxygens (including phenoxy) is 3. The molecule has 1 fully saturated rings. The van der Waals surface area contributed by atoms with Crippen LogP contribution in [0.3, 0.4) is 0 Å². The van der Waals surface area contributed by atoms with Crippen LogP contribution in [0.1, 0.15) is 13.3 Å². The molecule has 0 aromatic rings. The Morgan fingerprint density at radius 3 is 2.62 bits per heavy atom. The maximum Gasteiger partial charge on any atom is 0.0962 e. The highest BCUT2D eigenvalue weighted by Gasteiger charge is 2.40. The Morgan fingerprint density at radius 2 is 2.08 bits per heavy atom. The van der Waals surface area contributed by atoms with Crippen LogP contribution in [0, 0.1) is 0 Å². The monoisotopic (exact) mass is 252 g/mol. The SMILES string of the molecule is CCOC1C(Br)CC1OCCOC. The quantitative estimate of drug-likeness (QED) is 0.531. The summed E-state index contributed by atoms with van der Waals surface area (Å²) in [5.41, 5.74) is 0. The Labute approximate surface area is 87.9 Å². The van der Waals surface area contributed by atoms with E-state index in [-0.39, 0.29) is 12.2 Å². The van der Waals surface area contributed by atoms with Gasteiger partial charge in [0.15, 0.2) is 0 Å². The molecule has 3 unspecified atom stereocenters. The highest BCUT2D eigenvalue weighted by Crippen LogP contribution is 2.33. The summed E-state index contributed by atoms with van der Waals surface area (Å²) in [6, 6.07) is 0. The van der Waals surface area contributed by atoms with E-state index in [1.54, 1.807) is 7.11 Å². The number of hydrogen-bond acceptors (Lipinski definition) is 3. The zero-order chi connectivity index (χ0) is 9.68. The standard InChI is InChI=1S/C9H17BrO3/c1-3-12-9-7(10)6-8(9)13-5-4-11-2/h7-9H,3-6H2,1-2H3. The lowest BCUT2D eigenvalue weighted by atomic mass is 9.91. The maximum atomic E-state index is 5.57. The molecule has 0 aliphatic heterocycles. The summed E-state index contributed by atoms with van der Waals surface area (Å²) in [6.45, 7) is 4.06. The van der Waals surface area contributed by atoms with Gasteiger partial charge in [0.05, 0.1) is 25.4 Å². The molecule has 1 saturated carbocycles. The van der Waals surface area contributed by atoms with Gasteiger partial charge in [-0.05, 0) is 13.3 Å². The molecule has 0 aromatic heterocycles. The van der Waals surface area contributed by atoms with Crippen LogP contribution in [-0.2, 0) is 14.2 Å². The molecule has 3 nitrogen and oxygen atoms in total. The fourth-order valence-corrected chi connectivity index (χ4v) is 2.24. The van der Waals surface area contributed by atoms with Gasteiger partial charge in [-0.15, -0.1) is 0 Å². The van der Waals surface area contributed by atoms with E-state index >= 15 is 0 Å². The van der Waals surface area contributed by atoms with Gasteiger partial charge in [0, 0.05) is 18.5 Å². The number of hydrogen-bond donors (Lipinski definition) is 0. The van der Waals surface area contributed by atoms with Crippen LogP contribution in [0.2, 0.25) is 0 Å². The van der Waals surface area contributed by atoms with E-state index in [9.17, 15) is 0 Å². The summed E-state index contributed by atoms with van der Waals surface area (Å²) in [4.78, 5) is 0.458. The van der Waals surface area contributed by atoms with Crippen molar-refractivity contribution in [2.75, 3.05) is 26.9 Å². The Hall–Kier alpha value is 0.360. The van der Waals surface area contributed by atoms with E-state index in [2.05, 4.69) is 15.9 Å². The Balaban J connectivity index is 2.12. The molecule has 0 N–H and O–H groups in total. The molecule has 0 heterocycles. The van der Waals surface area contributed by atoms with Gasteiger partial charge in [0.25, 0.3) is 0 Å². The molecule has 0 radical (unpaired) electrons. The van der Waals surface area contributed by atoms with Crippen molar-refractivity contribution in [3.63, 3.8) is 0 Å². The minimum atomic E-state index is 0.224. The van der Waals surface area contributed by atoms with Gasteiger partial charge >= 0.3 is 0 Å². The van der Waals surface area contributed by atoms with Crippen LogP contribution < -0.4 is 0 Å². The average molecular weight is 253 g/mol. The van der Waals surface area contributed by atoms with Gasteiger partial charge in [0.1, 0.15) is 0 Å². The summed E-state index contributed by atoms with van der Waals surface area (Å²) in [5.74, 6) is 0. The molecule has 1 aliphatic rings. The maximum absolute atomic E-state index is 5.57. The van der Waals surface area contributed by atoms with E-state index < -0.39 is 0 Å². The Kier molecular flexibility index (Phi) is 5.24. The van der Waals surface area contributed by atoms with Gasteiger partial charge in [-0.1, -0.05) is 15.9 Å². The third kappa shape index (κ3) is 3.20. The molecule has 0 spiro atoms. The first-order valence-corrected chi connectivity index (χ1v) is 5.57. The fourth-order valence-electron chi connectivity index (χ4n) is 1.38. The second kappa shape index (κ2) is 5.96. The van der Waals surface area contributed by atoms with Crippen molar-refractivity contribution in [3.8, 4) is 0 Å². The predicted molar refractivity (Wildman–Crippen MR) is 54.4 cm³/mol. The van der Waals surface area contributed by atoms with Gasteiger partial charge in [0.2, 0.25) is 0 Å². The second-order valence-corrected chi connectivity index (χ2v) is 4.25. The third-order valence-corrected chi connectivity index (χ3v) is 3.05. The zero-order valence-corrected chi connectivity index (χ0v) is 9.75. The molecule has 1 aliphatic carbocycles. The summed E-state index contributed by atoms with van der Waals surface area (Å²) in [5, 5.41) is 0. The van der Waals surface area contributed by atoms with Crippen LogP contribution in [-0.4, -0.2) is 44.0 Å². The first-order valence-electron chi connectivity index (χ1n) is 4.65. The summed E-state index contributed by atoms with van der Waals surface area (Å²) in [6.07, 6.45) is 1.51. The van der Waals surface area contributed by atoms with Crippen LogP contribution in [0.5, 0.6) is 0 Å². The van der Waals surface area contributed by atoms with Gasteiger partial charge in [-0.2, -0.15) is 0 Å². The third-order valence-electron chi connectivity index (χ3n) is 2.16. The highest BCUT2D eigenvalue weighted by molar-refractivity contribution is 9.09. The smallest absolute Gasteiger partial charge is 0.0962 e. The molecule has 0 saturated heterocycles. The number of rotatable bonds is 6. The minimum absolute atomic E-state index is 0.224. The second-order valence-electron chi connectivity index (χ2n) is 3.07. The van der Waals surface area contributed by atoms with Crippen molar-refractivity contribution in [2.45, 2.75) is 30.4 Å². The van der Waals surface area contributed by atoms with E-state index in [0.29, 0.717) is 18.0 Å². The van der Waals surface area contributed by atoms with Crippen molar-refractivity contribution >= 4 is 15.9 Å². The Morgan fingerprint density at radius 1 is 1.31 bits per heavy atom. The molecule has 78 valence electrons. The first-order chi connectivity index (χ1) is 6.29. The topological polar surface area (TPSA) is 27.7 Å². The van der Waals surface area contributed by atoms with Crippen LogP contribution in [0.15, 0.2) is 0 Å². The van der Waals surface area contributed by atoms with Crippen molar-refractivity contribution in [3.05, 3.63) is 0 Å². The predicted octanol–water partition coefficient (Wildman–Crippen LogP) is 1.59. The van der Waals surface area contributed by atoms with Gasteiger partial charge in [-0.3, -0.25) is 0 Å². The molecule has 0 bridgehead atoms. The Bertz CT molecular complexity index is 143. The lowest BCUT2D eigenvalue weighted by Crippen LogP contribution is -2.51. The lowest BCUT2D eigenvalue weighted by molar-refractivity contribution is -0.124. The normalized spacial score (nSPS) is 33.0. The molecule has 3 atom stereocenters.